The van der Waals surface area contributed by atoms with E-state index in [1.54, 1.807) is 26.1 Å². The minimum absolute atomic E-state index is 0.00446. The zero-order valence-electron chi connectivity index (χ0n) is 15.5. The molecule has 1 amide bonds. The second-order valence-electron chi connectivity index (χ2n) is 6.89. The van der Waals surface area contributed by atoms with Crippen LogP contribution in [0.1, 0.15) is 29.0 Å². The average Bonchev–Trinajstić information content (AvgIpc) is 3.11. The smallest absolute Gasteiger partial charge is 0.270 e. The predicted molar refractivity (Wildman–Crippen MR) is 103 cm³/mol. The highest BCUT2D eigenvalue weighted by Gasteiger charge is 2.23. The van der Waals surface area contributed by atoms with Gasteiger partial charge in [0, 0.05) is 24.1 Å². The Morgan fingerprint density at radius 3 is 2.45 bits per heavy atom. The molecule has 0 fully saturated rings. The molecule has 148 valence electrons. The van der Waals surface area contributed by atoms with Crippen LogP contribution in [0.3, 0.4) is 0 Å². The maximum absolute atomic E-state index is 13.8. The predicted octanol–water partition coefficient (Wildman–Crippen LogP) is 4.26. The molecule has 5 nitrogen and oxygen atoms in total. The molecule has 4 aromatic rings. The van der Waals surface area contributed by atoms with Gasteiger partial charge in [-0.1, -0.05) is 0 Å². The highest BCUT2D eigenvalue weighted by Crippen LogP contribution is 2.28. The highest BCUT2D eigenvalue weighted by molar-refractivity contribution is 5.98. The van der Waals surface area contributed by atoms with Crippen molar-refractivity contribution < 1.29 is 18.0 Å². The number of halogens is 3. The Balaban J connectivity index is 1.74. The number of hydrogen-bond acceptors (Lipinski definition) is 2. The number of rotatable bonds is 3. The fourth-order valence-electron chi connectivity index (χ4n) is 3.41. The first-order valence-electron chi connectivity index (χ1n) is 8.82. The van der Waals surface area contributed by atoms with Crippen molar-refractivity contribution in [2.45, 2.75) is 13.0 Å². The summed E-state index contributed by atoms with van der Waals surface area (Å²) < 4.78 is 40.8. The zero-order chi connectivity index (χ0) is 20.9. The molecule has 0 aliphatic rings. The van der Waals surface area contributed by atoms with Crippen LogP contribution in [-0.4, -0.2) is 27.8 Å². The quantitative estimate of drug-likeness (QED) is 0.541. The van der Waals surface area contributed by atoms with E-state index < -0.39 is 29.1 Å². The molecular formula is C21H16F3N3O2. The van der Waals surface area contributed by atoms with Crippen LogP contribution in [-0.2, 0) is 0 Å². The third kappa shape index (κ3) is 3.16. The first kappa shape index (κ1) is 18.8. The molecule has 2 aromatic carbocycles. The summed E-state index contributed by atoms with van der Waals surface area (Å²) in [6.45, 7) is 1.70. The summed E-state index contributed by atoms with van der Waals surface area (Å²) in [6, 6.07) is 6.99. The van der Waals surface area contributed by atoms with Crippen LogP contribution in [0.2, 0.25) is 0 Å². The van der Waals surface area contributed by atoms with E-state index in [9.17, 15) is 22.8 Å². The normalized spacial score (nSPS) is 12.4. The zero-order valence-corrected chi connectivity index (χ0v) is 15.5. The summed E-state index contributed by atoms with van der Waals surface area (Å²) in [5.41, 5.74) is 0.644. The van der Waals surface area contributed by atoms with Crippen LogP contribution in [0.5, 0.6) is 0 Å². The largest absolute Gasteiger partial charge is 0.350 e. The third-order valence-corrected chi connectivity index (χ3v) is 5.14. The first-order valence-corrected chi connectivity index (χ1v) is 8.82. The van der Waals surface area contributed by atoms with Crippen molar-refractivity contribution in [2.75, 3.05) is 7.05 Å². The lowest BCUT2D eigenvalue weighted by Crippen LogP contribution is -2.30. The van der Waals surface area contributed by atoms with Crippen molar-refractivity contribution in [1.82, 2.24) is 14.9 Å². The third-order valence-electron chi connectivity index (χ3n) is 5.14. The van der Waals surface area contributed by atoms with Gasteiger partial charge in [-0.2, -0.15) is 0 Å². The minimum Gasteiger partial charge on any atom is -0.350 e. The van der Waals surface area contributed by atoms with Gasteiger partial charge in [0.25, 0.3) is 11.5 Å². The monoisotopic (exact) mass is 399 g/mol. The fourth-order valence-corrected chi connectivity index (χ4v) is 3.41. The summed E-state index contributed by atoms with van der Waals surface area (Å²) in [4.78, 5) is 31.7. The molecule has 0 aliphatic heterocycles. The number of aromatic nitrogens is 2. The number of fused-ring (bicyclic) bond motifs is 2. The summed E-state index contributed by atoms with van der Waals surface area (Å²) in [5.74, 6) is -3.00. The van der Waals surface area contributed by atoms with Crippen molar-refractivity contribution in [1.29, 1.82) is 0 Å². The molecule has 0 aliphatic carbocycles. The maximum Gasteiger partial charge on any atom is 0.270 e. The summed E-state index contributed by atoms with van der Waals surface area (Å²) in [7, 11) is 1.55. The molecule has 29 heavy (non-hydrogen) atoms. The number of hydrogen-bond donors (Lipinski definition) is 2. The van der Waals surface area contributed by atoms with Gasteiger partial charge in [-0.05, 0) is 54.3 Å². The summed E-state index contributed by atoms with van der Waals surface area (Å²) in [5, 5.41) is 0.900. The van der Waals surface area contributed by atoms with Gasteiger partial charge < -0.3 is 14.9 Å². The number of benzene rings is 2. The summed E-state index contributed by atoms with van der Waals surface area (Å²) >= 11 is 0. The van der Waals surface area contributed by atoms with Crippen LogP contribution < -0.4 is 5.56 Å². The lowest BCUT2D eigenvalue weighted by molar-refractivity contribution is 0.0738. The van der Waals surface area contributed by atoms with Crippen molar-refractivity contribution in [3.05, 3.63) is 81.7 Å². The van der Waals surface area contributed by atoms with Gasteiger partial charge in [-0.3, -0.25) is 9.59 Å². The van der Waals surface area contributed by atoms with Gasteiger partial charge in [-0.15, -0.1) is 0 Å². The fraction of sp³-hybridized carbons (Fsp3) is 0.143. The van der Waals surface area contributed by atoms with E-state index in [-0.39, 0.29) is 22.4 Å². The lowest BCUT2D eigenvalue weighted by atomic mass is 10.0. The van der Waals surface area contributed by atoms with Crippen LogP contribution in [0.4, 0.5) is 13.2 Å². The van der Waals surface area contributed by atoms with Gasteiger partial charge in [0.1, 0.15) is 11.5 Å². The number of carbonyl (C=O) groups is 1. The number of amides is 1. The van der Waals surface area contributed by atoms with E-state index in [4.69, 9.17) is 0 Å². The second-order valence-corrected chi connectivity index (χ2v) is 6.89. The molecule has 0 saturated carbocycles. The minimum atomic E-state index is -1.12. The molecule has 2 aromatic heterocycles. The first-order chi connectivity index (χ1) is 13.8. The van der Waals surface area contributed by atoms with Crippen molar-refractivity contribution in [3.8, 4) is 0 Å². The molecule has 0 saturated heterocycles. The Bertz CT molecular complexity index is 1330. The molecule has 0 radical (unpaired) electrons. The Labute approximate surface area is 162 Å². The Morgan fingerprint density at radius 1 is 1.03 bits per heavy atom. The Kier molecular flexibility index (Phi) is 4.41. The molecular weight excluding hydrogens is 383 g/mol. The van der Waals surface area contributed by atoms with Crippen molar-refractivity contribution >= 4 is 27.6 Å². The van der Waals surface area contributed by atoms with E-state index in [0.717, 1.165) is 12.1 Å². The van der Waals surface area contributed by atoms with Crippen LogP contribution >= 0.6 is 0 Å². The number of pyridine rings is 1. The van der Waals surface area contributed by atoms with Crippen LogP contribution in [0.15, 0.2) is 47.4 Å². The van der Waals surface area contributed by atoms with Crippen LogP contribution in [0, 0.1) is 17.5 Å². The van der Waals surface area contributed by atoms with Crippen molar-refractivity contribution in [3.63, 3.8) is 0 Å². The molecule has 0 spiro atoms. The second kappa shape index (κ2) is 6.80. The van der Waals surface area contributed by atoms with Gasteiger partial charge in [0.05, 0.1) is 11.4 Å². The van der Waals surface area contributed by atoms with Gasteiger partial charge in [0.2, 0.25) is 0 Å². The van der Waals surface area contributed by atoms with Crippen LogP contribution in [0.25, 0.3) is 21.7 Å². The molecule has 2 N–H and O–H groups in total. The van der Waals surface area contributed by atoms with E-state index in [0.29, 0.717) is 16.5 Å². The number of nitrogens with one attached hydrogen (secondary N) is 2. The van der Waals surface area contributed by atoms with E-state index >= 15 is 0 Å². The topological polar surface area (TPSA) is 69.0 Å². The number of aromatic amines is 2. The molecule has 1 atom stereocenters. The molecule has 2 heterocycles. The standard InChI is InChI=1S/C21H16F3N3O2/c1-10(15-9-25-20(28)14-8-17(24)16(23)7-13(14)15)27(2)21(29)19-5-11-3-4-12(22)6-18(11)26-19/h3-10,26H,1-2H3,(H,25,28)/t10-/m1/s1. The molecule has 8 heteroatoms. The molecule has 0 unspecified atom stereocenters. The Morgan fingerprint density at radius 2 is 1.72 bits per heavy atom. The number of nitrogens with zero attached hydrogens (tertiary/aromatic N) is 1. The van der Waals surface area contributed by atoms with E-state index in [2.05, 4.69) is 9.97 Å². The molecule has 0 bridgehead atoms. The summed E-state index contributed by atoms with van der Waals surface area (Å²) in [6.07, 6.45) is 1.39. The van der Waals surface area contributed by atoms with Gasteiger partial charge in [-0.25, -0.2) is 13.2 Å². The number of carbonyl (C=O) groups excluding carboxylic acids is 1. The maximum atomic E-state index is 13.8. The van der Waals surface area contributed by atoms with Gasteiger partial charge >= 0.3 is 0 Å². The lowest BCUT2D eigenvalue weighted by Gasteiger charge is -2.25. The molecule has 4 rings (SSSR count). The van der Waals surface area contributed by atoms with Crippen molar-refractivity contribution in [2.24, 2.45) is 0 Å². The number of H-pyrrole nitrogens is 2. The average molecular weight is 399 g/mol. The van der Waals surface area contributed by atoms with E-state index in [1.807, 2.05) is 0 Å². The van der Waals surface area contributed by atoms with Gasteiger partial charge in [0.15, 0.2) is 11.6 Å². The Hall–Kier alpha value is -3.55. The van der Waals surface area contributed by atoms with E-state index in [1.165, 1.54) is 23.2 Å². The highest BCUT2D eigenvalue weighted by atomic mass is 19.2. The SMILES string of the molecule is C[C@H](c1c[nH]c(=O)c2cc(F)c(F)cc12)N(C)C(=O)c1cc2ccc(F)cc2[nH]1.